The number of hydrogen-bond acceptors (Lipinski definition) is 3. The van der Waals surface area contributed by atoms with Gasteiger partial charge in [-0.3, -0.25) is 4.79 Å². The molecule has 1 saturated heterocycles. The summed E-state index contributed by atoms with van der Waals surface area (Å²) in [6.45, 7) is 2.14. The predicted molar refractivity (Wildman–Crippen MR) is 53.0 cm³/mol. The zero-order chi connectivity index (χ0) is 10.4. The van der Waals surface area contributed by atoms with E-state index in [1.54, 1.807) is 0 Å². The van der Waals surface area contributed by atoms with Gasteiger partial charge in [0.25, 0.3) is 0 Å². The Balaban J connectivity index is 2.46. The first-order chi connectivity index (χ1) is 6.68. The second-order valence-electron chi connectivity index (χ2n) is 4.04. The molecule has 1 rings (SSSR count). The van der Waals surface area contributed by atoms with Gasteiger partial charge in [0.2, 0.25) is 0 Å². The van der Waals surface area contributed by atoms with Gasteiger partial charge in [0.1, 0.15) is 0 Å². The molecule has 1 fully saturated rings. The van der Waals surface area contributed by atoms with E-state index in [4.69, 9.17) is 15.6 Å². The Kier molecular flexibility index (Phi) is 4.35. The first-order valence-electron chi connectivity index (χ1n) is 5.18. The normalized spacial score (nSPS) is 20.6. The minimum atomic E-state index is -0.715. The monoisotopic (exact) mass is 201 g/mol. The third kappa shape index (κ3) is 3.27. The molecule has 0 spiro atoms. The van der Waals surface area contributed by atoms with Gasteiger partial charge < -0.3 is 15.6 Å². The number of carboxylic acids is 1. The Hall–Kier alpha value is -0.610. The molecule has 1 aliphatic rings. The summed E-state index contributed by atoms with van der Waals surface area (Å²) < 4.78 is 5.29. The topological polar surface area (TPSA) is 72.6 Å². The maximum Gasteiger partial charge on any atom is 0.303 e. The van der Waals surface area contributed by atoms with Gasteiger partial charge in [0, 0.05) is 19.6 Å². The van der Waals surface area contributed by atoms with Gasteiger partial charge >= 0.3 is 5.97 Å². The van der Waals surface area contributed by atoms with E-state index in [1.807, 2.05) is 0 Å². The molecule has 0 amide bonds. The summed E-state index contributed by atoms with van der Waals surface area (Å²) in [5.74, 6) is -0.715. The molecule has 0 saturated carbocycles. The number of carboxylic acid groups (broad SMARTS) is 1. The molecule has 14 heavy (non-hydrogen) atoms. The number of carbonyl (C=O) groups is 1. The molecular formula is C10H19NO3. The van der Waals surface area contributed by atoms with Crippen molar-refractivity contribution in [2.75, 3.05) is 19.8 Å². The maximum atomic E-state index is 10.5. The van der Waals surface area contributed by atoms with Gasteiger partial charge in [-0.1, -0.05) is 0 Å². The zero-order valence-corrected chi connectivity index (χ0v) is 8.50. The fraction of sp³-hybridized carbons (Fsp3) is 0.900. The Labute approximate surface area is 84.4 Å². The van der Waals surface area contributed by atoms with Crippen LogP contribution in [0.25, 0.3) is 0 Å². The standard InChI is InChI=1S/C10H19NO3/c11-6-3-10(2-1-9(12)13)4-7-14-8-5-10/h1-8,11H2,(H,12,13). The van der Waals surface area contributed by atoms with Gasteiger partial charge in [0.05, 0.1) is 0 Å². The molecule has 0 unspecified atom stereocenters. The van der Waals surface area contributed by atoms with Crippen LogP contribution >= 0.6 is 0 Å². The molecule has 3 N–H and O–H groups in total. The van der Waals surface area contributed by atoms with Gasteiger partial charge in [-0.25, -0.2) is 0 Å². The van der Waals surface area contributed by atoms with E-state index < -0.39 is 5.97 Å². The van der Waals surface area contributed by atoms with E-state index in [0.29, 0.717) is 6.54 Å². The molecule has 0 aromatic rings. The lowest BCUT2D eigenvalue weighted by Gasteiger charge is -2.36. The molecule has 0 aromatic heterocycles. The van der Waals surface area contributed by atoms with E-state index >= 15 is 0 Å². The van der Waals surface area contributed by atoms with Crippen LogP contribution in [0, 0.1) is 5.41 Å². The van der Waals surface area contributed by atoms with Crippen molar-refractivity contribution in [1.29, 1.82) is 0 Å². The SMILES string of the molecule is NCCC1(CCC(=O)O)CCOCC1. The smallest absolute Gasteiger partial charge is 0.303 e. The van der Waals surface area contributed by atoms with E-state index in [2.05, 4.69) is 0 Å². The summed E-state index contributed by atoms with van der Waals surface area (Å²) in [7, 11) is 0. The van der Waals surface area contributed by atoms with E-state index in [9.17, 15) is 4.79 Å². The fourth-order valence-electron chi connectivity index (χ4n) is 2.11. The molecule has 0 bridgehead atoms. The number of ether oxygens (including phenoxy) is 1. The van der Waals surface area contributed by atoms with E-state index in [1.165, 1.54) is 0 Å². The van der Waals surface area contributed by atoms with Crippen molar-refractivity contribution >= 4 is 5.97 Å². The largest absolute Gasteiger partial charge is 0.481 e. The lowest BCUT2D eigenvalue weighted by atomic mass is 9.74. The highest BCUT2D eigenvalue weighted by molar-refractivity contribution is 5.66. The van der Waals surface area contributed by atoms with Crippen molar-refractivity contribution in [3.8, 4) is 0 Å². The van der Waals surface area contributed by atoms with Crippen LogP contribution in [0.1, 0.15) is 32.1 Å². The van der Waals surface area contributed by atoms with Crippen molar-refractivity contribution in [2.24, 2.45) is 11.1 Å². The van der Waals surface area contributed by atoms with Crippen LogP contribution in [-0.4, -0.2) is 30.8 Å². The van der Waals surface area contributed by atoms with Gasteiger partial charge in [-0.05, 0) is 37.6 Å². The molecular weight excluding hydrogens is 182 g/mol. The van der Waals surface area contributed by atoms with Crippen LogP contribution in [-0.2, 0) is 9.53 Å². The number of rotatable bonds is 5. The molecule has 4 heteroatoms. The van der Waals surface area contributed by atoms with Crippen LogP contribution in [0.2, 0.25) is 0 Å². The van der Waals surface area contributed by atoms with Crippen LogP contribution < -0.4 is 5.73 Å². The molecule has 4 nitrogen and oxygen atoms in total. The Bertz CT molecular complexity index is 182. The highest BCUT2D eigenvalue weighted by atomic mass is 16.5. The first-order valence-corrected chi connectivity index (χ1v) is 5.18. The van der Waals surface area contributed by atoms with E-state index in [-0.39, 0.29) is 11.8 Å². The lowest BCUT2D eigenvalue weighted by Crippen LogP contribution is -2.32. The summed E-state index contributed by atoms with van der Waals surface area (Å²) >= 11 is 0. The average Bonchev–Trinajstić information content (AvgIpc) is 2.17. The van der Waals surface area contributed by atoms with Crippen LogP contribution in [0.4, 0.5) is 0 Å². The second kappa shape index (κ2) is 5.32. The Morgan fingerprint density at radius 2 is 2.00 bits per heavy atom. The van der Waals surface area contributed by atoms with Crippen molar-refractivity contribution in [2.45, 2.75) is 32.1 Å². The number of aliphatic carboxylic acids is 1. The molecule has 1 heterocycles. The van der Waals surface area contributed by atoms with Crippen LogP contribution in [0.5, 0.6) is 0 Å². The lowest BCUT2D eigenvalue weighted by molar-refractivity contribution is -0.138. The van der Waals surface area contributed by atoms with Crippen molar-refractivity contribution in [3.63, 3.8) is 0 Å². The molecule has 0 aliphatic carbocycles. The highest BCUT2D eigenvalue weighted by Gasteiger charge is 2.31. The third-order valence-electron chi connectivity index (χ3n) is 3.10. The van der Waals surface area contributed by atoms with Gasteiger partial charge in [-0.2, -0.15) is 0 Å². The summed E-state index contributed by atoms with van der Waals surface area (Å²) in [4.78, 5) is 10.5. The summed E-state index contributed by atoms with van der Waals surface area (Å²) in [6, 6.07) is 0. The van der Waals surface area contributed by atoms with Gasteiger partial charge in [0.15, 0.2) is 0 Å². The van der Waals surface area contributed by atoms with Crippen molar-refractivity contribution in [3.05, 3.63) is 0 Å². The van der Waals surface area contributed by atoms with E-state index in [0.717, 1.165) is 38.9 Å². The van der Waals surface area contributed by atoms with Crippen molar-refractivity contribution in [1.82, 2.24) is 0 Å². The van der Waals surface area contributed by atoms with Crippen molar-refractivity contribution < 1.29 is 14.6 Å². The van der Waals surface area contributed by atoms with Crippen LogP contribution in [0.3, 0.4) is 0 Å². The summed E-state index contributed by atoms with van der Waals surface area (Å²) in [5, 5.41) is 8.66. The molecule has 0 atom stereocenters. The molecule has 0 radical (unpaired) electrons. The number of nitrogens with two attached hydrogens (primary N) is 1. The Morgan fingerprint density at radius 1 is 1.36 bits per heavy atom. The second-order valence-corrected chi connectivity index (χ2v) is 4.04. The summed E-state index contributed by atoms with van der Waals surface area (Å²) in [6.07, 6.45) is 3.82. The van der Waals surface area contributed by atoms with Crippen LogP contribution in [0.15, 0.2) is 0 Å². The highest BCUT2D eigenvalue weighted by Crippen LogP contribution is 2.38. The minimum Gasteiger partial charge on any atom is -0.481 e. The zero-order valence-electron chi connectivity index (χ0n) is 8.50. The number of hydrogen-bond donors (Lipinski definition) is 2. The molecule has 1 aliphatic heterocycles. The maximum absolute atomic E-state index is 10.5. The molecule has 0 aromatic carbocycles. The predicted octanol–water partition coefficient (Wildman–Crippen LogP) is 0.997. The van der Waals surface area contributed by atoms with Gasteiger partial charge in [-0.15, -0.1) is 0 Å². The average molecular weight is 201 g/mol. The first kappa shape index (κ1) is 11.5. The quantitative estimate of drug-likeness (QED) is 0.696. The summed E-state index contributed by atoms with van der Waals surface area (Å²) in [5.41, 5.74) is 5.69. The third-order valence-corrected chi connectivity index (χ3v) is 3.10. The fourth-order valence-corrected chi connectivity index (χ4v) is 2.11. The molecule has 82 valence electrons. The Morgan fingerprint density at radius 3 is 2.50 bits per heavy atom. The minimum absolute atomic E-state index is 0.130.